The van der Waals surface area contributed by atoms with E-state index in [9.17, 15) is 4.39 Å². The Kier molecular flexibility index (Phi) is 4.47. The van der Waals surface area contributed by atoms with Gasteiger partial charge in [-0.2, -0.15) is 5.26 Å². The summed E-state index contributed by atoms with van der Waals surface area (Å²) in [6.07, 6.45) is 0. The third kappa shape index (κ3) is 2.59. The summed E-state index contributed by atoms with van der Waals surface area (Å²) in [5.74, 6) is -0.543. The summed E-state index contributed by atoms with van der Waals surface area (Å²) in [6.45, 7) is 4.00. The van der Waals surface area contributed by atoms with Crippen molar-refractivity contribution in [2.75, 3.05) is 5.73 Å². The SMILES string of the molecule is CC.N#Cc1ccc(N)c(F)c1. The quantitative estimate of drug-likeness (QED) is 0.601. The van der Waals surface area contributed by atoms with Gasteiger partial charge in [0.15, 0.2) is 0 Å². The van der Waals surface area contributed by atoms with Crippen LogP contribution in [0.3, 0.4) is 0 Å². The molecule has 0 heterocycles. The van der Waals surface area contributed by atoms with E-state index in [1.54, 1.807) is 6.07 Å². The van der Waals surface area contributed by atoms with Gasteiger partial charge in [-0.05, 0) is 18.2 Å². The zero-order valence-electron chi connectivity index (χ0n) is 7.13. The number of hydrogen-bond acceptors (Lipinski definition) is 2. The van der Waals surface area contributed by atoms with Crippen LogP contribution in [-0.4, -0.2) is 0 Å². The monoisotopic (exact) mass is 166 g/mol. The maximum Gasteiger partial charge on any atom is 0.147 e. The second-order valence-corrected chi connectivity index (χ2v) is 1.85. The van der Waals surface area contributed by atoms with Gasteiger partial charge < -0.3 is 5.73 Å². The molecule has 0 aliphatic heterocycles. The first-order valence-corrected chi connectivity index (χ1v) is 3.69. The molecule has 2 N–H and O–H groups in total. The molecule has 0 amide bonds. The fraction of sp³-hybridized carbons (Fsp3) is 0.222. The smallest absolute Gasteiger partial charge is 0.147 e. The predicted octanol–water partition coefficient (Wildman–Crippen LogP) is 2.31. The molecule has 2 nitrogen and oxygen atoms in total. The first-order chi connectivity index (χ1) is 5.74. The summed E-state index contributed by atoms with van der Waals surface area (Å²) in [5, 5.41) is 8.30. The minimum atomic E-state index is -0.543. The van der Waals surface area contributed by atoms with Gasteiger partial charge in [0.05, 0.1) is 17.3 Å². The summed E-state index contributed by atoms with van der Waals surface area (Å²) >= 11 is 0. The Morgan fingerprint density at radius 1 is 1.42 bits per heavy atom. The largest absolute Gasteiger partial charge is 0.396 e. The number of benzene rings is 1. The van der Waals surface area contributed by atoms with E-state index in [2.05, 4.69) is 0 Å². The Hall–Kier alpha value is -1.56. The first kappa shape index (κ1) is 10.4. The van der Waals surface area contributed by atoms with Gasteiger partial charge in [0.25, 0.3) is 0 Å². The molecule has 0 spiro atoms. The zero-order chi connectivity index (χ0) is 9.56. The topological polar surface area (TPSA) is 49.8 Å². The van der Waals surface area contributed by atoms with Crippen LogP contribution < -0.4 is 5.73 Å². The molecule has 0 aliphatic rings. The van der Waals surface area contributed by atoms with Crippen molar-refractivity contribution < 1.29 is 4.39 Å². The van der Waals surface area contributed by atoms with Gasteiger partial charge in [0.1, 0.15) is 5.82 Å². The second-order valence-electron chi connectivity index (χ2n) is 1.85. The van der Waals surface area contributed by atoms with Crippen molar-refractivity contribution in [1.82, 2.24) is 0 Å². The van der Waals surface area contributed by atoms with E-state index in [1.165, 1.54) is 12.1 Å². The van der Waals surface area contributed by atoms with Crippen LogP contribution in [0.15, 0.2) is 18.2 Å². The Balaban J connectivity index is 0.000000561. The molecule has 0 bridgehead atoms. The number of nitrogens with zero attached hydrogens (tertiary/aromatic N) is 1. The van der Waals surface area contributed by atoms with E-state index in [0.717, 1.165) is 6.07 Å². The summed E-state index contributed by atoms with van der Waals surface area (Å²) in [5.41, 5.74) is 5.51. The number of anilines is 1. The highest BCUT2D eigenvalue weighted by molar-refractivity contribution is 5.44. The normalized spacial score (nSPS) is 7.83. The predicted molar refractivity (Wildman–Crippen MR) is 46.9 cm³/mol. The van der Waals surface area contributed by atoms with Gasteiger partial charge >= 0.3 is 0 Å². The molecule has 3 heteroatoms. The van der Waals surface area contributed by atoms with Crippen molar-refractivity contribution in [3.63, 3.8) is 0 Å². The summed E-state index contributed by atoms with van der Waals surface area (Å²) in [6, 6.07) is 5.75. The van der Waals surface area contributed by atoms with E-state index in [-0.39, 0.29) is 11.3 Å². The molecule has 12 heavy (non-hydrogen) atoms. The number of hydrogen-bond donors (Lipinski definition) is 1. The molecule has 64 valence electrons. The fourth-order valence-electron chi connectivity index (χ4n) is 0.597. The van der Waals surface area contributed by atoms with E-state index in [4.69, 9.17) is 11.0 Å². The highest BCUT2D eigenvalue weighted by Gasteiger charge is 1.97. The molecule has 0 unspecified atom stereocenters. The van der Waals surface area contributed by atoms with Gasteiger partial charge in [-0.3, -0.25) is 0 Å². The zero-order valence-corrected chi connectivity index (χ0v) is 7.13. The second kappa shape index (κ2) is 5.14. The molecular weight excluding hydrogens is 155 g/mol. The average molecular weight is 166 g/mol. The minimum Gasteiger partial charge on any atom is -0.396 e. The fourth-order valence-corrected chi connectivity index (χ4v) is 0.597. The molecule has 0 atom stereocenters. The van der Waals surface area contributed by atoms with E-state index < -0.39 is 5.82 Å². The summed E-state index contributed by atoms with van der Waals surface area (Å²) in [7, 11) is 0. The summed E-state index contributed by atoms with van der Waals surface area (Å²) in [4.78, 5) is 0. The highest BCUT2D eigenvalue weighted by Crippen LogP contribution is 2.10. The molecule has 0 fully saturated rings. The Labute approximate surface area is 71.4 Å². The van der Waals surface area contributed by atoms with Gasteiger partial charge in [-0.25, -0.2) is 4.39 Å². The maximum absolute atomic E-state index is 12.5. The van der Waals surface area contributed by atoms with Crippen molar-refractivity contribution in [3.8, 4) is 6.07 Å². The lowest BCUT2D eigenvalue weighted by Gasteiger charge is -1.93. The van der Waals surface area contributed by atoms with Crippen molar-refractivity contribution in [2.45, 2.75) is 13.8 Å². The van der Waals surface area contributed by atoms with Crippen LogP contribution in [0.1, 0.15) is 19.4 Å². The number of rotatable bonds is 0. The number of halogens is 1. The standard InChI is InChI=1S/C7H5FN2.C2H6/c8-6-3-5(4-9)1-2-7(6)10;1-2/h1-3H,10H2;1-2H3. The van der Waals surface area contributed by atoms with Gasteiger partial charge in [-0.1, -0.05) is 13.8 Å². The van der Waals surface area contributed by atoms with Gasteiger partial charge in [-0.15, -0.1) is 0 Å². The third-order valence-corrected chi connectivity index (χ3v) is 1.13. The molecule has 0 aliphatic carbocycles. The van der Waals surface area contributed by atoms with Crippen LogP contribution >= 0.6 is 0 Å². The van der Waals surface area contributed by atoms with Crippen LogP contribution in [0.5, 0.6) is 0 Å². The molecule has 1 rings (SSSR count). The van der Waals surface area contributed by atoms with Gasteiger partial charge in [0, 0.05) is 0 Å². The lowest BCUT2D eigenvalue weighted by Crippen LogP contribution is -1.89. The molecular formula is C9H11FN2. The Bertz CT molecular complexity index is 289. The van der Waals surface area contributed by atoms with E-state index in [1.807, 2.05) is 13.8 Å². The molecule has 0 saturated heterocycles. The molecule has 0 aromatic heterocycles. The van der Waals surface area contributed by atoms with Crippen LogP contribution in [0, 0.1) is 17.1 Å². The van der Waals surface area contributed by atoms with Crippen LogP contribution in [0.4, 0.5) is 10.1 Å². The lowest BCUT2D eigenvalue weighted by molar-refractivity contribution is 0.632. The van der Waals surface area contributed by atoms with Crippen LogP contribution in [0.25, 0.3) is 0 Å². The molecule has 1 aromatic rings. The van der Waals surface area contributed by atoms with Crippen molar-refractivity contribution in [2.24, 2.45) is 0 Å². The number of nitrogens with two attached hydrogens (primary N) is 1. The molecule has 0 saturated carbocycles. The Morgan fingerprint density at radius 2 is 2.00 bits per heavy atom. The van der Waals surface area contributed by atoms with E-state index in [0.29, 0.717) is 0 Å². The molecule has 1 aromatic carbocycles. The van der Waals surface area contributed by atoms with Crippen molar-refractivity contribution >= 4 is 5.69 Å². The highest BCUT2D eigenvalue weighted by atomic mass is 19.1. The average Bonchev–Trinajstić information content (AvgIpc) is 2.13. The molecule has 0 radical (unpaired) electrons. The summed E-state index contributed by atoms with van der Waals surface area (Å²) < 4.78 is 12.5. The lowest BCUT2D eigenvalue weighted by atomic mass is 10.2. The van der Waals surface area contributed by atoms with Gasteiger partial charge in [0.2, 0.25) is 0 Å². The van der Waals surface area contributed by atoms with Crippen molar-refractivity contribution in [1.29, 1.82) is 5.26 Å². The van der Waals surface area contributed by atoms with Crippen molar-refractivity contribution in [3.05, 3.63) is 29.6 Å². The Morgan fingerprint density at radius 3 is 2.42 bits per heavy atom. The number of nitrogen functional groups attached to an aromatic ring is 1. The van der Waals surface area contributed by atoms with Crippen LogP contribution in [0.2, 0.25) is 0 Å². The number of nitriles is 1. The first-order valence-electron chi connectivity index (χ1n) is 3.69. The maximum atomic E-state index is 12.5. The third-order valence-electron chi connectivity index (χ3n) is 1.13. The van der Waals surface area contributed by atoms with E-state index >= 15 is 0 Å². The minimum absolute atomic E-state index is 0.0685. The van der Waals surface area contributed by atoms with Crippen LogP contribution in [-0.2, 0) is 0 Å².